The molecule has 0 unspecified atom stereocenters. The highest BCUT2D eigenvalue weighted by Crippen LogP contribution is 2.26. The van der Waals surface area contributed by atoms with E-state index in [0.717, 1.165) is 17.3 Å². The van der Waals surface area contributed by atoms with Crippen LogP contribution in [0, 0.1) is 10.7 Å². The summed E-state index contributed by atoms with van der Waals surface area (Å²) in [4.78, 5) is 31.7. The second kappa shape index (κ2) is 8.63. The Kier molecular flexibility index (Phi) is 5.94. The molecule has 1 aliphatic carbocycles. The molecule has 2 atom stereocenters. The van der Waals surface area contributed by atoms with E-state index in [2.05, 4.69) is 22.2 Å². The highest BCUT2D eigenvalue weighted by atomic mass is 32.1. The van der Waals surface area contributed by atoms with Gasteiger partial charge in [0.2, 0.25) is 5.91 Å². The lowest BCUT2D eigenvalue weighted by molar-refractivity contribution is -0.122. The minimum Gasteiger partial charge on any atom is -0.497 e. The fourth-order valence-corrected chi connectivity index (χ4v) is 4.68. The predicted molar refractivity (Wildman–Crippen MR) is 121 cm³/mol. The molecule has 1 aromatic carbocycles. The van der Waals surface area contributed by atoms with E-state index >= 15 is 0 Å². The van der Waals surface area contributed by atoms with Gasteiger partial charge in [-0.15, -0.1) is 0 Å². The molecule has 160 valence electrons. The van der Waals surface area contributed by atoms with Gasteiger partial charge in [-0.25, -0.2) is 0 Å². The molecule has 30 heavy (non-hydrogen) atoms. The number of carbonyl (C=O) groups is 1. The molecule has 2 aromatic heterocycles. The number of hydrogen-bond acceptors (Lipinski definition) is 4. The quantitative estimate of drug-likeness (QED) is 0.517. The second-order valence-corrected chi connectivity index (χ2v) is 8.60. The van der Waals surface area contributed by atoms with E-state index in [-0.39, 0.29) is 17.5 Å². The molecule has 1 fully saturated rings. The Bertz CT molecular complexity index is 1190. The van der Waals surface area contributed by atoms with Crippen LogP contribution in [0.5, 0.6) is 5.75 Å². The lowest BCUT2D eigenvalue weighted by atomic mass is 9.86. The molecule has 3 N–H and O–H groups in total. The summed E-state index contributed by atoms with van der Waals surface area (Å²) in [5.41, 5.74) is 1.82. The summed E-state index contributed by atoms with van der Waals surface area (Å²) >= 11 is 5.44. The number of fused-ring (bicyclic) bond motifs is 3. The van der Waals surface area contributed by atoms with Crippen molar-refractivity contribution in [1.82, 2.24) is 19.9 Å². The number of methoxy groups -OCH3 is 1. The van der Waals surface area contributed by atoms with E-state index in [4.69, 9.17) is 17.0 Å². The highest BCUT2D eigenvalue weighted by molar-refractivity contribution is 7.71. The minimum absolute atomic E-state index is 0.0514. The van der Waals surface area contributed by atoms with Crippen LogP contribution in [-0.2, 0) is 11.3 Å². The van der Waals surface area contributed by atoms with Crippen LogP contribution in [0.3, 0.4) is 0 Å². The maximum Gasteiger partial charge on any atom is 0.278 e. The highest BCUT2D eigenvalue weighted by Gasteiger charge is 2.22. The van der Waals surface area contributed by atoms with Gasteiger partial charge < -0.3 is 20.0 Å². The van der Waals surface area contributed by atoms with Crippen molar-refractivity contribution in [2.24, 2.45) is 5.92 Å². The fraction of sp³-hybridized carbons (Fsp3) is 0.500. The Morgan fingerprint density at radius 1 is 1.27 bits per heavy atom. The number of aromatic nitrogens is 3. The number of rotatable bonds is 6. The maximum atomic E-state index is 13.0. The average Bonchev–Trinajstić information content (AvgIpc) is 3.10. The van der Waals surface area contributed by atoms with Gasteiger partial charge >= 0.3 is 0 Å². The lowest BCUT2D eigenvalue weighted by Crippen LogP contribution is -2.41. The maximum absolute atomic E-state index is 13.0. The molecule has 3 aromatic rings. The van der Waals surface area contributed by atoms with E-state index in [1.54, 1.807) is 7.11 Å². The zero-order valence-electron chi connectivity index (χ0n) is 17.4. The molecule has 0 bridgehead atoms. The van der Waals surface area contributed by atoms with E-state index in [1.165, 1.54) is 23.8 Å². The number of ether oxygens (including phenoxy) is 1. The number of H-pyrrole nitrogens is 2. The number of amides is 1. The van der Waals surface area contributed by atoms with Crippen LogP contribution in [0.4, 0.5) is 0 Å². The van der Waals surface area contributed by atoms with Crippen LogP contribution in [0.2, 0.25) is 0 Å². The van der Waals surface area contributed by atoms with E-state index in [9.17, 15) is 9.59 Å². The molecule has 1 amide bonds. The number of nitrogens with zero attached hydrogens (tertiary/aromatic N) is 1. The van der Waals surface area contributed by atoms with Gasteiger partial charge in [0.15, 0.2) is 4.77 Å². The summed E-state index contributed by atoms with van der Waals surface area (Å²) in [7, 11) is 1.61. The van der Waals surface area contributed by atoms with Crippen LogP contribution in [0.15, 0.2) is 23.0 Å². The van der Waals surface area contributed by atoms with Crippen LogP contribution in [0.25, 0.3) is 21.9 Å². The molecule has 0 spiro atoms. The number of carbonyl (C=O) groups excluding carboxylic acids is 1. The normalized spacial score (nSPS) is 19.3. The van der Waals surface area contributed by atoms with Crippen molar-refractivity contribution in [3.63, 3.8) is 0 Å². The largest absolute Gasteiger partial charge is 0.497 e. The van der Waals surface area contributed by atoms with Gasteiger partial charge in [0.25, 0.3) is 5.56 Å². The topological polar surface area (TPSA) is 91.9 Å². The zero-order valence-corrected chi connectivity index (χ0v) is 18.2. The van der Waals surface area contributed by atoms with Gasteiger partial charge in [0.05, 0.1) is 12.6 Å². The van der Waals surface area contributed by atoms with E-state index in [1.807, 2.05) is 18.2 Å². The average molecular weight is 429 g/mol. The van der Waals surface area contributed by atoms with Crippen molar-refractivity contribution in [1.29, 1.82) is 0 Å². The Morgan fingerprint density at radius 2 is 2.07 bits per heavy atom. The van der Waals surface area contributed by atoms with Gasteiger partial charge in [0, 0.05) is 29.9 Å². The molecular weight excluding hydrogens is 400 g/mol. The predicted octanol–water partition coefficient (Wildman–Crippen LogP) is 4.02. The Labute approximate surface area is 179 Å². The van der Waals surface area contributed by atoms with Gasteiger partial charge in [-0.2, -0.15) is 0 Å². The molecule has 0 radical (unpaired) electrons. The van der Waals surface area contributed by atoms with Crippen molar-refractivity contribution in [2.45, 2.75) is 58.0 Å². The van der Waals surface area contributed by atoms with Crippen molar-refractivity contribution >= 4 is 40.1 Å². The van der Waals surface area contributed by atoms with Crippen LogP contribution in [0.1, 0.15) is 45.4 Å². The smallest absolute Gasteiger partial charge is 0.278 e. The summed E-state index contributed by atoms with van der Waals surface area (Å²) in [5.74, 6) is 1.29. The molecule has 1 aliphatic rings. The first-order chi connectivity index (χ1) is 14.5. The van der Waals surface area contributed by atoms with Crippen molar-refractivity contribution in [3.05, 3.63) is 33.3 Å². The summed E-state index contributed by atoms with van der Waals surface area (Å²) < 4.78 is 7.17. The summed E-state index contributed by atoms with van der Waals surface area (Å²) in [6.07, 6.45) is 5.59. The zero-order chi connectivity index (χ0) is 21.3. The summed E-state index contributed by atoms with van der Waals surface area (Å²) in [6, 6.07) is 5.87. The third kappa shape index (κ3) is 4.01. The third-order valence-electron chi connectivity index (χ3n) is 6.19. The molecular formula is C22H28N4O3S. The molecule has 0 saturated heterocycles. The Morgan fingerprint density at radius 3 is 2.83 bits per heavy atom. The molecule has 8 heteroatoms. The SMILES string of the molecule is COc1ccc2[nH]c3c(=O)n(CCCC(=O)N[C@@H]4CCCC[C@@H]4C)c(=S)[nH]c3c2c1. The summed E-state index contributed by atoms with van der Waals surface area (Å²) in [6.45, 7) is 2.60. The van der Waals surface area contributed by atoms with Crippen molar-refractivity contribution < 1.29 is 9.53 Å². The van der Waals surface area contributed by atoms with E-state index < -0.39 is 0 Å². The van der Waals surface area contributed by atoms with Gasteiger partial charge in [0.1, 0.15) is 11.3 Å². The molecule has 7 nitrogen and oxygen atoms in total. The molecule has 2 heterocycles. The standard InChI is InChI=1S/C22H28N4O3S/c1-13-6-3-4-7-16(13)23-18(27)8-5-11-26-21(28)20-19(25-22(26)30)15-12-14(29-2)9-10-17(15)24-20/h9-10,12-13,16,24H,3-8,11H2,1-2H3,(H,23,27)(H,25,30)/t13-,16+/m0/s1. The Balaban J connectivity index is 1.49. The molecule has 0 aliphatic heterocycles. The second-order valence-electron chi connectivity index (χ2n) is 8.21. The van der Waals surface area contributed by atoms with Crippen LogP contribution >= 0.6 is 12.2 Å². The van der Waals surface area contributed by atoms with Crippen LogP contribution in [-0.4, -0.2) is 33.6 Å². The number of aromatic amines is 2. The number of nitrogens with one attached hydrogen (secondary N) is 3. The minimum atomic E-state index is -0.176. The number of hydrogen-bond donors (Lipinski definition) is 3. The van der Waals surface area contributed by atoms with Crippen LogP contribution < -0.4 is 15.6 Å². The van der Waals surface area contributed by atoms with Crippen molar-refractivity contribution in [2.75, 3.05) is 7.11 Å². The monoisotopic (exact) mass is 428 g/mol. The first kappa shape index (κ1) is 20.7. The molecule has 1 saturated carbocycles. The first-order valence-electron chi connectivity index (χ1n) is 10.6. The van der Waals surface area contributed by atoms with Gasteiger partial charge in [-0.1, -0.05) is 19.8 Å². The van der Waals surface area contributed by atoms with E-state index in [0.29, 0.717) is 46.9 Å². The molecule has 4 rings (SSSR count). The lowest BCUT2D eigenvalue weighted by Gasteiger charge is -2.29. The number of benzene rings is 1. The first-order valence-corrected chi connectivity index (χ1v) is 11.0. The summed E-state index contributed by atoms with van der Waals surface area (Å²) in [5, 5.41) is 4.03. The Hall–Kier alpha value is -2.61. The third-order valence-corrected chi connectivity index (χ3v) is 6.51. The van der Waals surface area contributed by atoms with Gasteiger partial charge in [-0.05, 0) is 55.6 Å². The van der Waals surface area contributed by atoms with Gasteiger partial charge in [-0.3, -0.25) is 14.2 Å². The fourth-order valence-electron chi connectivity index (χ4n) is 4.40. The van der Waals surface area contributed by atoms with Crippen molar-refractivity contribution in [3.8, 4) is 5.75 Å².